The van der Waals surface area contributed by atoms with Crippen molar-refractivity contribution in [2.75, 3.05) is 38.0 Å². The van der Waals surface area contributed by atoms with Gasteiger partial charge in [0.05, 0.1) is 6.54 Å². The molecule has 6 nitrogen and oxygen atoms in total. The number of fused-ring (bicyclic) bond motifs is 1. The average molecular weight is 435 g/mol. The number of benzene rings is 1. The van der Waals surface area contributed by atoms with Crippen molar-refractivity contribution in [2.24, 2.45) is 0 Å². The van der Waals surface area contributed by atoms with Crippen LogP contribution >= 0.6 is 0 Å². The predicted octanol–water partition coefficient (Wildman–Crippen LogP) is 3.63. The minimum absolute atomic E-state index is 0.0176. The van der Waals surface area contributed by atoms with Crippen molar-refractivity contribution in [3.63, 3.8) is 0 Å². The van der Waals surface area contributed by atoms with E-state index in [1.54, 1.807) is 11.8 Å². The van der Waals surface area contributed by atoms with Crippen molar-refractivity contribution in [2.45, 2.75) is 51.5 Å². The van der Waals surface area contributed by atoms with Gasteiger partial charge in [-0.05, 0) is 62.8 Å². The third-order valence-electron chi connectivity index (χ3n) is 6.51. The molecule has 1 amide bonds. The molecule has 1 aromatic carbocycles. The van der Waals surface area contributed by atoms with Crippen molar-refractivity contribution in [1.29, 1.82) is 0 Å². The highest BCUT2D eigenvalue weighted by atomic mass is 16.2. The van der Waals surface area contributed by atoms with Crippen molar-refractivity contribution >= 4 is 17.5 Å². The van der Waals surface area contributed by atoms with Gasteiger partial charge in [0.2, 0.25) is 5.91 Å². The summed E-state index contributed by atoms with van der Waals surface area (Å²) in [6.07, 6.45) is 6.62. The van der Waals surface area contributed by atoms with E-state index >= 15 is 0 Å². The molecule has 4 rings (SSSR count). The lowest BCUT2D eigenvalue weighted by molar-refractivity contribution is -0.143. The number of rotatable bonds is 9. The quantitative estimate of drug-likeness (QED) is 0.611. The first-order valence-corrected chi connectivity index (χ1v) is 11.9. The number of anilines is 1. The van der Waals surface area contributed by atoms with Crippen LogP contribution in [-0.2, 0) is 22.4 Å². The maximum absolute atomic E-state index is 12.8. The van der Waals surface area contributed by atoms with E-state index in [0.29, 0.717) is 13.1 Å². The Balaban J connectivity index is 1.20. The Labute approximate surface area is 191 Å². The Bertz CT molecular complexity index is 931. The zero-order valence-electron chi connectivity index (χ0n) is 19.1. The maximum Gasteiger partial charge on any atom is 0.237 e. The number of Topliss-reactive ketones (excluding diaryl/α,β-unsaturated/α-hetero) is 1. The number of nitrogens with one attached hydrogen (secondary N) is 1. The van der Waals surface area contributed by atoms with Crippen LogP contribution in [0.25, 0.3) is 0 Å². The molecule has 1 saturated heterocycles. The number of amides is 1. The molecule has 2 aliphatic heterocycles. The number of nitrogens with zero attached hydrogens (tertiary/aromatic N) is 3. The number of carbonyl (C=O) groups is 2. The zero-order chi connectivity index (χ0) is 22.3. The van der Waals surface area contributed by atoms with Crippen LogP contribution in [0.5, 0.6) is 0 Å². The minimum Gasteiger partial charge on any atom is -0.370 e. The average Bonchev–Trinajstić information content (AvgIpc) is 2.81. The van der Waals surface area contributed by atoms with E-state index in [9.17, 15) is 9.59 Å². The molecule has 2 aliphatic rings. The lowest BCUT2D eigenvalue weighted by atomic mass is 10.0. The second-order valence-electron chi connectivity index (χ2n) is 8.94. The molecule has 32 heavy (non-hydrogen) atoms. The monoisotopic (exact) mass is 434 g/mol. The largest absolute Gasteiger partial charge is 0.370 e. The second-order valence-corrected chi connectivity index (χ2v) is 8.94. The van der Waals surface area contributed by atoms with Gasteiger partial charge in [0, 0.05) is 25.3 Å². The molecule has 3 heterocycles. The standard InChI is InChI=1S/C26H34N4O2/c1-20(31)25(21-9-4-2-5-10-21)30-18-17-29(19-24(30)32)16-7-3-6-12-23-14-13-22-11-8-15-27-26(22)28-23/h2,4-5,9-10,13-14,25H,3,6-8,11-12,15-19H2,1H3,(H,27,28)/t25-/m1/s1. The molecule has 170 valence electrons. The first-order chi connectivity index (χ1) is 15.6. The van der Waals surface area contributed by atoms with Gasteiger partial charge in [-0.1, -0.05) is 42.8 Å². The van der Waals surface area contributed by atoms with E-state index < -0.39 is 6.04 Å². The molecule has 0 bridgehead atoms. The van der Waals surface area contributed by atoms with Crippen molar-refractivity contribution in [3.05, 3.63) is 59.3 Å². The van der Waals surface area contributed by atoms with E-state index in [2.05, 4.69) is 22.3 Å². The molecule has 1 aromatic heterocycles. The summed E-state index contributed by atoms with van der Waals surface area (Å²) in [4.78, 5) is 33.9. The number of ketones is 1. The van der Waals surface area contributed by atoms with Crippen LogP contribution in [0.15, 0.2) is 42.5 Å². The molecule has 1 fully saturated rings. The van der Waals surface area contributed by atoms with Gasteiger partial charge < -0.3 is 10.2 Å². The topological polar surface area (TPSA) is 65.5 Å². The van der Waals surface area contributed by atoms with E-state index in [1.165, 1.54) is 12.0 Å². The summed E-state index contributed by atoms with van der Waals surface area (Å²) in [5.41, 5.74) is 3.40. The van der Waals surface area contributed by atoms with Gasteiger partial charge in [0.15, 0.2) is 5.78 Å². The Hall–Kier alpha value is -2.73. The minimum atomic E-state index is -0.468. The summed E-state index contributed by atoms with van der Waals surface area (Å²) >= 11 is 0. The van der Waals surface area contributed by atoms with Crippen LogP contribution in [0, 0.1) is 0 Å². The highest BCUT2D eigenvalue weighted by Crippen LogP contribution is 2.24. The Morgan fingerprint density at radius 1 is 1.09 bits per heavy atom. The van der Waals surface area contributed by atoms with Gasteiger partial charge in [-0.3, -0.25) is 14.5 Å². The lowest BCUT2D eigenvalue weighted by Crippen LogP contribution is -2.52. The van der Waals surface area contributed by atoms with Crippen molar-refractivity contribution in [1.82, 2.24) is 14.8 Å². The fourth-order valence-corrected chi connectivity index (χ4v) is 4.79. The molecule has 0 radical (unpaired) electrons. The number of hydrogen-bond donors (Lipinski definition) is 1. The van der Waals surface area contributed by atoms with Crippen LogP contribution in [0.4, 0.5) is 5.82 Å². The second kappa shape index (κ2) is 10.7. The van der Waals surface area contributed by atoms with E-state index in [0.717, 1.165) is 68.8 Å². The number of unbranched alkanes of at least 4 members (excludes halogenated alkanes) is 2. The normalized spacial score (nSPS) is 17.5. The van der Waals surface area contributed by atoms with E-state index in [4.69, 9.17) is 4.98 Å². The smallest absolute Gasteiger partial charge is 0.237 e. The number of carbonyl (C=O) groups excluding carboxylic acids is 2. The fourth-order valence-electron chi connectivity index (χ4n) is 4.79. The van der Waals surface area contributed by atoms with Crippen LogP contribution < -0.4 is 5.32 Å². The molecule has 1 N–H and O–H groups in total. The van der Waals surface area contributed by atoms with Crippen molar-refractivity contribution < 1.29 is 9.59 Å². The number of hydrogen-bond acceptors (Lipinski definition) is 5. The third-order valence-corrected chi connectivity index (χ3v) is 6.51. The Kier molecular flexibility index (Phi) is 7.53. The highest BCUT2D eigenvalue weighted by Gasteiger charge is 2.32. The number of aryl methyl sites for hydroxylation is 2. The predicted molar refractivity (Wildman–Crippen MR) is 127 cm³/mol. The van der Waals surface area contributed by atoms with Gasteiger partial charge >= 0.3 is 0 Å². The van der Waals surface area contributed by atoms with Crippen LogP contribution in [0.2, 0.25) is 0 Å². The first-order valence-electron chi connectivity index (χ1n) is 11.9. The van der Waals surface area contributed by atoms with Gasteiger partial charge in [-0.15, -0.1) is 0 Å². The number of pyridine rings is 1. The number of piperazine rings is 1. The van der Waals surface area contributed by atoms with Gasteiger partial charge in [-0.25, -0.2) is 4.98 Å². The zero-order valence-corrected chi connectivity index (χ0v) is 19.1. The molecule has 0 unspecified atom stereocenters. The molecule has 0 saturated carbocycles. The summed E-state index contributed by atoms with van der Waals surface area (Å²) < 4.78 is 0. The third kappa shape index (κ3) is 5.54. The van der Waals surface area contributed by atoms with Crippen molar-refractivity contribution in [3.8, 4) is 0 Å². The molecule has 2 aromatic rings. The van der Waals surface area contributed by atoms with Crippen LogP contribution in [0.1, 0.15) is 55.5 Å². The SMILES string of the molecule is CC(=O)[C@H](c1ccccc1)N1CCN(CCCCCc2ccc3c(n2)NCCC3)CC1=O. The lowest BCUT2D eigenvalue weighted by Gasteiger charge is -2.38. The van der Waals surface area contributed by atoms with E-state index in [1.807, 2.05) is 30.3 Å². The van der Waals surface area contributed by atoms with Gasteiger partial charge in [0.25, 0.3) is 0 Å². The maximum atomic E-state index is 12.8. The summed E-state index contributed by atoms with van der Waals surface area (Å²) in [7, 11) is 0. The van der Waals surface area contributed by atoms with E-state index in [-0.39, 0.29) is 11.7 Å². The Morgan fingerprint density at radius 2 is 1.94 bits per heavy atom. The number of aromatic nitrogens is 1. The molecule has 0 spiro atoms. The molecule has 0 aliphatic carbocycles. The van der Waals surface area contributed by atoms with Gasteiger partial charge in [-0.2, -0.15) is 0 Å². The molecule has 6 heteroatoms. The summed E-state index contributed by atoms with van der Waals surface area (Å²) in [6.45, 7) is 5.34. The molecule has 1 atom stereocenters. The summed E-state index contributed by atoms with van der Waals surface area (Å²) in [5.74, 6) is 1.14. The molecular weight excluding hydrogens is 400 g/mol. The Morgan fingerprint density at radius 3 is 2.72 bits per heavy atom. The van der Waals surface area contributed by atoms with Gasteiger partial charge in [0.1, 0.15) is 11.9 Å². The highest BCUT2D eigenvalue weighted by molar-refractivity contribution is 5.89. The fraction of sp³-hybridized carbons (Fsp3) is 0.500. The summed E-state index contributed by atoms with van der Waals surface area (Å²) in [6, 6.07) is 13.5. The molecular formula is C26H34N4O2. The van der Waals surface area contributed by atoms with Crippen LogP contribution in [-0.4, -0.2) is 59.2 Å². The van der Waals surface area contributed by atoms with Crippen LogP contribution in [0.3, 0.4) is 0 Å². The summed E-state index contributed by atoms with van der Waals surface area (Å²) in [5, 5.41) is 3.41. The first kappa shape index (κ1) is 22.5.